The van der Waals surface area contributed by atoms with Crippen LogP contribution in [0.1, 0.15) is 31.0 Å². The van der Waals surface area contributed by atoms with Crippen LogP contribution in [-0.4, -0.2) is 41.6 Å². The molecule has 1 aromatic rings. The number of anilines is 1. The average molecular weight is 280 g/mol. The first-order chi connectivity index (χ1) is 9.17. The van der Waals surface area contributed by atoms with Crippen molar-refractivity contribution < 1.29 is 0 Å². The summed E-state index contributed by atoms with van der Waals surface area (Å²) in [5.74, 6) is 1.67. The number of alkyl halides is 1. The molecule has 19 heavy (non-hydrogen) atoms. The Balaban J connectivity index is 1.86. The second kappa shape index (κ2) is 5.29. The van der Waals surface area contributed by atoms with Gasteiger partial charge in [-0.2, -0.15) is 0 Å². The van der Waals surface area contributed by atoms with Crippen molar-refractivity contribution in [2.24, 2.45) is 0 Å². The first kappa shape index (κ1) is 13.2. The lowest BCUT2D eigenvalue weighted by molar-refractivity contribution is 0.202. The molecule has 2 fully saturated rings. The van der Waals surface area contributed by atoms with Crippen LogP contribution in [0.5, 0.6) is 0 Å². The van der Waals surface area contributed by atoms with Gasteiger partial charge in [0.15, 0.2) is 0 Å². The van der Waals surface area contributed by atoms with E-state index < -0.39 is 0 Å². The van der Waals surface area contributed by atoms with Crippen LogP contribution in [0.3, 0.4) is 0 Å². The molecule has 4 heteroatoms. The Morgan fingerprint density at radius 1 is 1.37 bits per heavy atom. The summed E-state index contributed by atoms with van der Waals surface area (Å²) < 4.78 is 0. The molecule has 0 radical (unpaired) electrons. The predicted molar refractivity (Wildman–Crippen MR) is 79.9 cm³/mol. The molecule has 2 aliphatic heterocycles. The van der Waals surface area contributed by atoms with Crippen LogP contribution in [0.2, 0.25) is 0 Å². The minimum atomic E-state index is 0.534. The van der Waals surface area contributed by atoms with Gasteiger partial charge >= 0.3 is 0 Å². The molecule has 0 bridgehead atoms. The van der Waals surface area contributed by atoms with Crippen LogP contribution < -0.4 is 4.90 Å². The monoisotopic (exact) mass is 279 g/mol. The summed E-state index contributed by atoms with van der Waals surface area (Å²) in [5.41, 5.74) is 2.24. The minimum absolute atomic E-state index is 0.534. The quantitative estimate of drug-likeness (QED) is 0.776. The third-order valence-corrected chi connectivity index (χ3v) is 4.69. The van der Waals surface area contributed by atoms with E-state index in [-0.39, 0.29) is 0 Å². The van der Waals surface area contributed by atoms with Crippen molar-refractivity contribution in [2.45, 2.75) is 44.7 Å². The van der Waals surface area contributed by atoms with Gasteiger partial charge in [0.05, 0.1) is 0 Å². The number of pyridine rings is 1. The van der Waals surface area contributed by atoms with Gasteiger partial charge < -0.3 is 4.90 Å². The Hall–Kier alpha value is -0.800. The first-order valence-corrected chi connectivity index (χ1v) is 7.75. The van der Waals surface area contributed by atoms with Gasteiger partial charge in [-0.3, -0.25) is 4.90 Å². The zero-order valence-electron chi connectivity index (χ0n) is 11.8. The van der Waals surface area contributed by atoms with Crippen LogP contribution in [0, 0.1) is 6.92 Å². The highest BCUT2D eigenvalue weighted by Gasteiger charge is 2.34. The van der Waals surface area contributed by atoms with E-state index in [2.05, 4.69) is 35.8 Å². The van der Waals surface area contributed by atoms with E-state index in [0.717, 1.165) is 30.6 Å². The number of hydrogen-bond donors (Lipinski definition) is 0. The fourth-order valence-corrected chi connectivity index (χ4v) is 3.61. The molecule has 3 nitrogen and oxygen atoms in total. The SMILES string of the molecule is Cc1cc(CCl)cc(N2CC3CCCN3CC2C)n1. The number of rotatable bonds is 2. The third-order valence-electron chi connectivity index (χ3n) is 4.39. The molecule has 2 atom stereocenters. The zero-order valence-corrected chi connectivity index (χ0v) is 12.5. The number of fused-ring (bicyclic) bond motifs is 1. The Bertz CT molecular complexity index is 463. The molecule has 0 amide bonds. The molecule has 0 spiro atoms. The maximum absolute atomic E-state index is 5.98. The van der Waals surface area contributed by atoms with Crippen molar-refractivity contribution in [2.75, 3.05) is 24.5 Å². The van der Waals surface area contributed by atoms with Gasteiger partial charge in [0, 0.05) is 36.7 Å². The molecule has 0 N–H and O–H groups in total. The van der Waals surface area contributed by atoms with Gasteiger partial charge in [0.25, 0.3) is 0 Å². The topological polar surface area (TPSA) is 19.4 Å². The molecule has 1 aromatic heterocycles. The summed E-state index contributed by atoms with van der Waals surface area (Å²) >= 11 is 5.98. The summed E-state index contributed by atoms with van der Waals surface area (Å²) in [4.78, 5) is 9.82. The number of hydrogen-bond acceptors (Lipinski definition) is 3. The molecule has 3 heterocycles. The summed E-state index contributed by atoms with van der Waals surface area (Å²) in [6.45, 7) is 7.90. The maximum Gasteiger partial charge on any atom is 0.129 e. The summed E-state index contributed by atoms with van der Waals surface area (Å²) in [6, 6.07) is 5.48. The second-order valence-electron chi connectivity index (χ2n) is 5.90. The fourth-order valence-electron chi connectivity index (χ4n) is 3.45. The zero-order chi connectivity index (χ0) is 13.4. The van der Waals surface area contributed by atoms with Gasteiger partial charge in [-0.25, -0.2) is 4.98 Å². The number of aromatic nitrogens is 1. The van der Waals surface area contributed by atoms with Gasteiger partial charge in [0.2, 0.25) is 0 Å². The van der Waals surface area contributed by atoms with Gasteiger partial charge in [0.1, 0.15) is 5.82 Å². The third kappa shape index (κ3) is 2.59. The molecule has 2 unspecified atom stereocenters. The largest absolute Gasteiger partial charge is 0.351 e. The molecule has 0 saturated carbocycles. The Labute approximate surface area is 120 Å². The number of halogens is 1. The lowest BCUT2D eigenvalue weighted by atomic mass is 10.1. The van der Waals surface area contributed by atoms with Gasteiger partial charge in [-0.1, -0.05) is 0 Å². The van der Waals surface area contributed by atoms with Crippen LogP contribution in [-0.2, 0) is 5.88 Å². The van der Waals surface area contributed by atoms with E-state index >= 15 is 0 Å². The predicted octanol–water partition coefficient (Wildman–Crippen LogP) is 2.80. The van der Waals surface area contributed by atoms with Crippen molar-refractivity contribution in [3.05, 3.63) is 23.4 Å². The maximum atomic E-state index is 5.98. The Kier molecular flexibility index (Phi) is 3.68. The van der Waals surface area contributed by atoms with Gasteiger partial charge in [-0.15, -0.1) is 11.6 Å². The van der Waals surface area contributed by atoms with Gasteiger partial charge in [-0.05, 0) is 50.9 Å². The van der Waals surface area contributed by atoms with Crippen molar-refractivity contribution in [1.29, 1.82) is 0 Å². The van der Waals surface area contributed by atoms with E-state index in [1.807, 2.05) is 0 Å². The highest BCUT2D eigenvalue weighted by molar-refractivity contribution is 6.17. The lowest BCUT2D eigenvalue weighted by Gasteiger charge is -2.43. The van der Waals surface area contributed by atoms with E-state index in [0.29, 0.717) is 11.9 Å². The standard InChI is InChI=1S/C15H22ClN3/c1-11-6-13(8-16)7-15(17-11)19-10-14-4-3-5-18(14)9-12(19)2/h6-7,12,14H,3-5,8-10H2,1-2H3. The fraction of sp³-hybridized carbons (Fsp3) is 0.667. The minimum Gasteiger partial charge on any atom is -0.351 e. The number of aryl methyl sites for hydroxylation is 1. The van der Waals surface area contributed by atoms with Crippen molar-refractivity contribution in [3.63, 3.8) is 0 Å². The molecular formula is C15H22ClN3. The molecule has 2 saturated heterocycles. The van der Waals surface area contributed by atoms with E-state index in [9.17, 15) is 0 Å². The Morgan fingerprint density at radius 2 is 2.21 bits per heavy atom. The number of nitrogens with zero attached hydrogens (tertiary/aromatic N) is 3. The molecule has 2 aliphatic rings. The van der Waals surface area contributed by atoms with E-state index in [1.54, 1.807) is 0 Å². The normalized spacial score (nSPS) is 27.6. The molecular weight excluding hydrogens is 258 g/mol. The summed E-state index contributed by atoms with van der Waals surface area (Å²) in [6.07, 6.45) is 2.68. The van der Waals surface area contributed by atoms with Crippen LogP contribution >= 0.6 is 11.6 Å². The van der Waals surface area contributed by atoms with Crippen molar-refractivity contribution in [3.8, 4) is 0 Å². The van der Waals surface area contributed by atoms with Crippen molar-refractivity contribution >= 4 is 17.4 Å². The Morgan fingerprint density at radius 3 is 3.00 bits per heavy atom. The van der Waals surface area contributed by atoms with E-state index in [4.69, 9.17) is 16.6 Å². The van der Waals surface area contributed by atoms with Crippen LogP contribution in [0.15, 0.2) is 12.1 Å². The van der Waals surface area contributed by atoms with Crippen molar-refractivity contribution in [1.82, 2.24) is 9.88 Å². The molecule has 3 rings (SSSR count). The molecule has 104 valence electrons. The number of piperazine rings is 1. The molecule has 0 aliphatic carbocycles. The molecule has 0 aromatic carbocycles. The first-order valence-electron chi connectivity index (χ1n) is 7.21. The lowest BCUT2D eigenvalue weighted by Crippen LogP contribution is -2.55. The summed E-state index contributed by atoms with van der Waals surface area (Å²) in [7, 11) is 0. The van der Waals surface area contributed by atoms with Crippen LogP contribution in [0.25, 0.3) is 0 Å². The summed E-state index contributed by atoms with van der Waals surface area (Å²) in [5, 5.41) is 0. The second-order valence-corrected chi connectivity index (χ2v) is 6.17. The highest BCUT2D eigenvalue weighted by Crippen LogP contribution is 2.28. The average Bonchev–Trinajstić information content (AvgIpc) is 2.84. The van der Waals surface area contributed by atoms with Crippen LogP contribution in [0.4, 0.5) is 5.82 Å². The highest BCUT2D eigenvalue weighted by atomic mass is 35.5. The smallest absolute Gasteiger partial charge is 0.129 e. The van der Waals surface area contributed by atoms with E-state index in [1.165, 1.54) is 24.9 Å².